The van der Waals surface area contributed by atoms with Crippen molar-refractivity contribution in [3.63, 3.8) is 0 Å². The summed E-state index contributed by atoms with van der Waals surface area (Å²) >= 11 is 6.24. The number of anilines is 1. The molecule has 1 aromatic carbocycles. The summed E-state index contributed by atoms with van der Waals surface area (Å²) in [7, 11) is 2.07. The van der Waals surface area contributed by atoms with E-state index in [1.807, 2.05) is 36.5 Å². The molecule has 0 bridgehead atoms. The fourth-order valence-electron chi connectivity index (χ4n) is 2.08. The van der Waals surface area contributed by atoms with Gasteiger partial charge in [-0.3, -0.25) is 4.90 Å². The van der Waals surface area contributed by atoms with E-state index < -0.39 is 0 Å². The summed E-state index contributed by atoms with van der Waals surface area (Å²) < 4.78 is 0. The normalized spacial score (nSPS) is 12.4. The monoisotopic (exact) mass is 290 g/mol. The van der Waals surface area contributed by atoms with Gasteiger partial charge in [0, 0.05) is 23.8 Å². The highest BCUT2D eigenvalue weighted by atomic mass is 35.5. The maximum absolute atomic E-state index is 6.24. The molecule has 0 aliphatic carbocycles. The van der Waals surface area contributed by atoms with Gasteiger partial charge in [0.15, 0.2) is 0 Å². The number of nitrogens with zero attached hydrogens (tertiary/aromatic N) is 2. The molecule has 0 saturated carbocycles. The molecule has 0 spiro atoms. The molecule has 1 heterocycles. The fraction of sp³-hybridized carbons (Fsp3) is 0.267. The highest BCUT2D eigenvalue weighted by Gasteiger charge is 2.14. The first kappa shape index (κ1) is 14.8. The summed E-state index contributed by atoms with van der Waals surface area (Å²) in [5.74, 6) is 5.97. The van der Waals surface area contributed by atoms with Crippen LogP contribution in [0.4, 0.5) is 5.82 Å². The number of hydrogen-bond acceptors (Lipinski definition) is 4. The van der Waals surface area contributed by atoms with E-state index in [4.69, 9.17) is 17.4 Å². The molecule has 106 valence electrons. The first-order chi connectivity index (χ1) is 9.61. The zero-order valence-corrected chi connectivity index (χ0v) is 12.4. The van der Waals surface area contributed by atoms with Crippen molar-refractivity contribution in [3.8, 4) is 0 Å². The highest BCUT2D eigenvalue weighted by Crippen LogP contribution is 2.27. The summed E-state index contributed by atoms with van der Waals surface area (Å²) in [6.45, 7) is 2.94. The molecular weight excluding hydrogens is 272 g/mol. The van der Waals surface area contributed by atoms with Crippen LogP contribution in [0.15, 0.2) is 42.6 Å². The molecule has 1 unspecified atom stereocenters. The van der Waals surface area contributed by atoms with E-state index in [1.54, 1.807) is 0 Å². The lowest BCUT2D eigenvalue weighted by molar-refractivity contribution is 0.253. The number of pyridine rings is 1. The van der Waals surface area contributed by atoms with Crippen molar-refractivity contribution in [2.75, 3.05) is 12.5 Å². The van der Waals surface area contributed by atoms with E-state index in [9.17, 15) is 0 Å². The van der Waals surface area contributed by atoms with Crippen molar-refractivity contribution >= 4 is 17.4 Å². The second kappa shape index (κ2) is 6.70. The maximum Gasteiger partial charge on any atom is 0.139 e. The van der Waals surface area contributed by atoms with Gasteiger partial charge in [-0.05, 0) is 37.2 Å². The average molecular weight is 291 g/mol. The number of aromatic nitrogens is 1. The summed E-state index contributed by atoms with van der Waals surface area (Å²) in [5, 5.41) is 0.799. The van der Waals surface area contributed by atoms with Crippen LogP contribution in [0.5, 0.6) is 0 Å². The van der Waals surface area contributed by atoms with Gasteiger partial charge in [-0.2, -0.15) is 0 Å². The summed E-state index contributed by atoms with van der Waals surface area (Å²) in [4.78, 5) is 6.44. The van der Waals surface area contributed by atoms with Crippen molar-refractivity contribution in [2.45, 2.75) is 19.5 Å². The Labute approximate surface area is 124 Å². The standard InChI is InChI=1S/C15H19ClN4/c1-11(13-5-3-4-6-14(13)16)20(2)10-12-7-8-15(19-17)18-9-12/h3-9,11H,10,17H2,1-2H3,(H,18,19). The third kappa shape index (κ3) is 3.48. The summed E-state index contributed by atoms with van der Waals surface area (Å²) in [6, 6.07) is 12.0. The van der Waals surface area contributed by atoms with Crippen LogP contribution in [-0.2, 0) is 6.54 Å². The van der Waals surface area contributed by atoms with Gasteiger partial charge in [-0.25, -0.2) is 10.8 Å². The van der Waals surface area contributed by atoms with Crippen molar-refractivity contribution < 1.29 is 0 Å². The molecule has 1 atom stereocenters. The second-order valence-corrected chi connectivity index (χ2v) is 5.22. The zero-order chi connectivity index (χ0) is 14.5. The van der Waals surface area contributed by atoms with Gasteiger partial charge < -0.3 is 5.43 Å². The molecule has 2 rings (SSSR count). The molecule has 20 heavy (non-hydrogen) atoms. The van der Waals surface area contributed by atoms with Crippen molar-refractivity contribution in [1.29, 1.82) is 0 Å². The number of nitrogen functional groups attached to an aromatic ring is 1. The van der Waals surface area contributed by atoms with E-state index in [0.717, 1.165) is 22.7 Å². The van der Waals surface area contributed by atoms with Crippen molar-refractivity contribution in [1.82, 2.24) is 9.88 Å². The minimum atomic E-state index is 0.232. The Morgan fingerprint density at radius 2 is 2.05 bits per heavy atom. The quantitative estimate of drug-likeness (QED) is 0.656. The Morgan fingerprint density at radius 1 is 1.30 bits per heavy atom. The van der Waals surface area contributed by atoms with Gasteiger partial charge >= 0.3 is 0 Å². The van der Waals surface area contributed by atoms with Gasteiger partial charge in [-0.15, -0.1) is 0 Å². The van der Waals surface area contributed by atoms with E-state index in [2.05, 4.69) is 35.3 Å². The summed E-state index contributed by atoms with van der Waals surface area (Å²) in [5.41, 5.74) is 4.78. The predicted molar refractivity (Wildman–Crippen MR) is 83.4 cm³/mol. The van der Waals surface area contributed by atoms with E-state index in [1.165, 1.54) is 0 Å². The molecule has 2 aromatic rings. The number of rotatable bonds is 5. The Balaban J connectivity index is 2.07. The maximum atomic E-state index is 6.24. The van der Waals surface area contributed by atoms with E-state index >= 15 is 0 Å². The Morgan fingerprint density at radius 3 is 2.65 bits per heavy atom. The van der Waals surface area contributed by atoms with Crippen LogP contribution in [-0.4, -0.2) is 16.9 Å². The van der Waals surface area contributed by atoms with Crippen LogP contribution in [0.3, 0.4) is 0 Å². The molecule has 0 saturated heterocycles. The number of halogens is 1. The smallest absolute Gasteiger partial charge is 0.139 e. The molecular formula is C15H19ClN4. The van der Waals surface area contributed by atoms with Crippen LogP contribution in [0, 0.1) is 0 Å². The zero-order valence-electron chi connectivity index (χ0n) is 11.7. The molecule has 1 aromatic heterocycles. The highest BCUT2D eigenvalue weighted by molar-refractivity contribution is 6.31. The van der Waals surface area contributed by atoms with Crippen molar-refractivity contribution in [2.24, 2.45) is 5.84 Å². The lowest BCUT2D eigenvalue weighted by Gasteiger charge is -2.25. The molecule has 0 fully saturated rings. The van der Waals surface area contributed by atoms with Crippen molar-refractivity contribution in [3.05, 3.63) is 58.7 Å². The first-order valence-electron chi connectivity index (χ1n) is 6.48. The van der Waals surface area contributed by atoms with Crippen LogP contribution >= 0.6 is 11.6 Å². The molecule has 0 aliphatic heterocycles. The Kier molecular flexibility index (Phi) is 4.95. The number of hydrogen-bond donors (Lipinski definition) is 2. The van der Waals surface area contributed by atoms with Crippen LogP contribution in [0.2, 0.25) is 5.02 Å². The van der Waals surface area contributed by atoms with Crippen LogP contribution in [0.25, 0.3) is 0 Å². The SMILES string of the molecule is CC(c1ccccc1Cl)N(C)Cc1ccc(NN)nc1. The minimum Gasteiger partial charge on any atom is -0.308 e. The molecule has 0 aliphatic rings. The fourth-order valence-corrected chi connectivity index (χ4v) is 2.37. The third-order valence-corrected chi connectivity index (χ3v) is 3.77. The van der Waals surface area contributed by atoms with Gasteiger partial charge in [0.25, 0.3) is 0 Å². The minimum absolute atomic E-state index is 0.232. The molecule has 0 radical (unpaired) electrons. The predicted octanol–water partition coefficient (Wildman–Crippen LogP) is 3.21. The number of nitrogens with one attached hydrogen (secondary N) is 1. The molecule has 5 heteroatoms. The topological polar surface area (TPSA) is 54.2 Å². The van der Waals surface area contributed by atoms with Gasteiger partial charge in [0.1, 0.15) is 5.82 Å². The Hall–Kier alpha value is -1.62. The van der Waals surface area contributed by atoms with Gasteiger partial charge in [0.2, 0.25) is 0 Å². The first-order valence-corrected chi connectivity index (χ1v) is 6.86. The van der Waals surface area contributed by atoms with Crippen LogP contribution in [0.1, 0.15) is 24.1 Å². The summed E-state index contributed by atoms with van der Waals surface area (Å²) in [6.07, 6.45) is 1.82. The van der Waals surface area contributed by atoms with Gasteiger partial charge in [-0.1, -0.05) is 35.9 Å². The Bertz CT molecular complexity index is 556. The molecule has 0 amide bonds. The second-order valence-electron chi connectivity index (χ2n) is 4.81. The van der Waals surface area contributed by atoms with E-state index in [0.29, 0.717) is 5.82 Å². The largest absolute Gasteiger partial charge is 0.308 e. The van der Waals surface area contributed by atoms with E-state index in [-0.39, 0.29) is 6.04 Å². The number of nitrogens with two attached hydrogens (primary N) is 1. The number of benzene rings is 1. The lowest BCUT2D eigenvalue weighted by atomic mass is 10.1. The molecule has 3 N–H and O–H groups in total. The third-order valence-electron chi connectivity index (χ3n) is 3.42. The van der Waals surface area contributed by atoms with Crippen LogP contribution < -0.4 is 11.3 Å². The van der Waals surface area contributed by atoms with Gasteiger partial charge in [0.05, 0.1) is 0 Å². The average Bonchev–Trinajstić information content (AvgIpc) is 2.48. The lowest BCUT2D eigenvalue weighted by Crippen LogP contribution is -2.22. The number of hydrazine groups is 1. The molecule has 4 nitrogen and oxygen atoms in total.